The van der Waals surface area contributed by atoms with Gasteiger partial charge in [-0.3, -0.25) is 9.63 Å². The molecule has 0 aromatic heterocycles. The van der Waals surface area contributed by atoms with Gasteiger partial charge in [0.2, 0.25) is 5.91 Å². The molecule has 1 N–H and O–H groups in total. The molecule has 6 nitrogen and oxygen atoms in total. The highest BCUT2D eigenvalue weighted by Gasteiger charge is 2.42. The number of nitrogens with zero attached hydrogens (tertiary/aromatic N) is 3. The van der Waals surface area contributed by atoms with Crippen molar-refractivity contribution in [1.82, 2.24) is 5.06 Å². The van der Waals surface area contributed by atoms with Crippen LogP contribution in [0.3, 0.4) is 0 Å². The van der Waals surface area contributed by atoms with Gasteiger partial charge in [-0.25, -0.2) is 13.8 Å². The number of hydrogen-bond donors (Lipinski definition) is 1. The van der Waals surface area contributed by atoms with Crippen LogP contribution in [0.5, 0.6) is 0 Å². The van der Waals surface area contributed by atoms with Crippen molar-refractivity contribution in [3.63, 3.8) is 0 Å². The van der Waals surface area contributed by atoms with Gasteiger partial charge in [-0.1, -0.05) is 0 Å². The second-order valence-electron chi connectivity index (χ2n) is 7.50. The molecule has 0 bridgehead atoms. The van der Waals surface area contributed by atoms with Gasteiger partial charge in [-0.05, 0) is 54.8 Å². The van der Waals surface area contributed by atoms with E-state index < -0.39 is 17.7 Å². The van der Waals surface area contributed by atoms with Crippen LogP contribution in [0, 0.1) is 40.2 Å². The molecule has 0 unspecified atom stereocenters. The molecule has 152 valence electrons. The first-order chi connectivity index (χ1) is 14.5. The maximum Gasteiger partial charge on any atom is 0.249 e. The van der Waals surface area contributed by atoms with Crippen LogP contribution in [-0.4, -0.2) is 23.6 Å². The molecule has 1 saturated heterocycles. The number of amides is 1. The first-order valence-electron chi connectivity index (χ1n) is 9.61. The van der Waals surface area contributed by atoms with Gasteiger partial charge in [-0.2, -0.15) is 10.5 Å². The van der Waals surface area contributed by atoms with Gasteiger partial charge in [0.1, 0.15) is 17.7 Å². The molecule has 1 aliphatic carbocycles. The van der Waals surface area contributed by atoms with Gasteiger partial charge in [0, 0.05) is 24.1 Å². The Bertz CT molecular complexity index is 1070. The molecule has 1 atom stereocenters. The molecule has 2 aliphatic rings. The van der Waals surface area contributed by atoms with Crippen LogP contribution in [-0.2, 0) is 9.63 Å². The Labute approximate surface area is 172 Å². The van der Waals surface area contributed by atoms with Crippen LogP contribution in [0.4, 0.5) is 14.5 Å². The predicted molar refractivity (Wildman–Crippen MR) is 103 cm³/mol. The molecule has 8 heteroatoms. The van der Waals surface area contributed by atoms with E-state index in [1.54, 1.807) is 18.2 Å². The number of carbonyl (C=O) groups is 1. The molecule has 1 aliphatic heterocycles. The summed E-state index contributed by atoms with van der Waals surface area (Å²) in [4.78, 5) is 18.4. The molecule has 4 rings (SSSR count). The highest BCUT2D eigenvalue weighted by atomic mass is 19.1. The van der Waals surface area contributed by atoms with Crippen LogP contribution in [0.1, 0.15) is 42.0 Å². The van der Waals surface area contributed by atoms with Crippen LogP contribution in [0.2, 0.25) is 0 Å². The number of nitrogens with one attached hydrogen (secondary N) is 1. The summed E-state index contributed by atoms with van der Waals surface area (Å²) in [6, 6.07) is 11.6. The van der Waals surface area contributed by atoms with Crippen molar-refractivity contribution in [2.45, 2.75) is 31.3 Å². The normalized spacial score (nSPS) is 22.7. The lowest BCUT2D eigenvalue weighted by Gasteiger charge is -2.38. The highest BCUT2D eigenvalue weighted by Crippen LogP contribution is 2.38. The minimum atomic E-state index is -0.571. The van der Waals surface area contributed by atoms with Crippen molar-refractivity contribution in [3.8, 4) is 12.1 Å². The average molecular weight is 408 g/mol. The number of hydrogen-bond acceptors (Lipinski definition) is 5. The van der Waals surface area contributed by atoms with E-state index in [2.05, 4.69) is 5.32 Å². The summed E-state index contributed by atoms with van der Waals surface area (Å²) >= 11 is 0. The minimum absolute atomic E-state index is 0.0244. The molecular formula is C22H18F2N4O2. The lowest BCUT2D eigenvalue weighted by molar-refractivity contribution is -0.184. The van der Waals surface area contributed by atoms with Crippen LogP contribution in [0.15, 0.2) is 36.4 Å². The Hall–Kier alpha value is -3.49. The largest absolute Gasteiger partial charge is 0.382 e. The third-order valence-electron chi connectivity index (χ3n) is 5.50. The number of nitriles is 2. The number of rotatable bonds is 4. The first-order valence-corrected chi connectivity index (χ1v) is 9.61. The molecular weight excluding hydrogens is 390 g/mol. The summed E-state index contributed by atoms with van der Waals surface area (Å²) in [6.07, 6.45) is 1.66. The van der Waals surface area contributed by atoms with Gasteiger partial charge in [0.25, 0.3) is 0 Å². The van der Waals surface area contributed by atoms with E-state index in [9.17, 15) is 13.6 Å². The summed E-state index contributed by atoms with van der Waals surface area (Å²) in [7, 11) is 0. The first kappa shape index (κ1) is 19.8. The molecule has 1 saturated carbocycles. The van der Waals surface area contributed by atoms with E-state index in [0.717, 1.165) is 6.07 Å². The van der Waals surface area contributed by atoms with Crippen molar-refractivity contribution in [3.05, 3.63) is 64.7 Å². The maximum atomic E-state index is 13.8. The monoisotopic (exact) mass is 408 g/mol. The fourth-order valence-electron chi connectivity index (χ4n) is 3.91. The molecule has 0 radical (unpaired) electrons. The van der Waals surface area contributed by atoms with E-state index in [0.29, 0.717) is 37.1 Å². The van der Waals surface area contributed by atoms with E-state index in [-0.39, 0.29) is 29.0 Å². The quantitative estimate of drug-likeness (QED) is 0.831. The Kier molecular flexibility index (Phi) is 5.35. The second-order valence-corrected chi connectivity index (χ2v) is 7.50. The van der Waals surface area contributed by atoms with E-state index >= 15 is 0 Å². The number of anilines is 1. The topological polar surface area (TPSA) is 89.2 Å². The van der Waals surface area contributed by atoms with Crippen molar-refractivity contribution in [1.29, 1.82) is 10.5 Å². The molecule has 30 heavy (non-hydrogen) atoms. The van der Waals surface area contributed by atoms with Gasteiger partial charge in [0.05, 0.1) is 29.8 Å². The highest BCUT2D eigenvalue weighted by molar-refractivity contribution is 5.80. The summed E-state index contributed by atoms with van der Waals surface area (Å²) in [5, 5.41) is 22.5. The van der Waals surface area contributed by atoms with Crippen molar-refractivity contribution >= 4 is 11.6 Å². The van der Waals surface area contributed by atoms with Crippen LogP contribution in [0.25, 0.3) is 0 Å². The Balaban J connectivity index is 1.39. The lowest BCUT2D eigenvalue weighted by Crippen LogP contribution is -2.45. The molecule has 0 spiro atoms. The minimum Gasteiger partial charge on any atom is -0.382 e. The van der Waals surface area contributed by atoms with E-state index in [1.165, 1.54) is 23.3 Å². The summed E-state index contributed by atoms with van der Waals surface area (Å²) in [6.45, 7) is 0.343. The number of hydroxylamine groups is 2. The average Bonchev–Trinajstić information content (AvgIpc) is 3.20. The Morgan fingerprint density at radius 2 is 1.93 bits per heavy atom. The van der Waals surface area contributed by atoms with Crippen molar-refractivity contribution < 1.29 is 18.4 Å². The van der Waals surface area contributed by atoms with Gasteiger partial charge < -0.3 is 5.32 Å². The van der Waals surface area contributed by atoms with Gasteiger partial charge in [-0.15, -0.1) is 0 Å². The van der Waals surface area contributed by atoms with Gasteiger partial charge in [0.15, 0.2) is 0 Å². The standard InChI is InChI=1S/C22H18F2N4O2/c23-17-6-13(11-25)5-14(7-17)21-3-4-30-28(21)22(29)15-8-19(9-15)27-18-1-2-20(24)16(10-18)12-26/h1-2,5-7,10,15,19,21,27H,3-4,8-9H2/t15?,19?,21-/m0/s1. The number of carbonyl (C=O) groups excluding carboxylic acids is 1. The molecule has 1 heterocycles. The summed E-state index contributed by atoms with van der Waals surface area (Å²) in [5.74, 6) is -1.51. The molecule has 2 aromatic carbocycles. The molecule has 2 aromatic rings. The predicted octanol–water partition coefficient (Wildman–Crippen LogP) is 3.80. The van der Waals surface area contributed by atoms with Crippen LogP contribution < -0.4 is 5.32 Å². The van der Waals surface area contributed by atoms with E-state index in [1.807, 2.05) is 6.07 Å². The maximum absolute atomic E-state index is 13.8. The number of benzene rings is 2. The van der Waals surface area contributed by atoms with Crippen molar-refractivity contribution in [2.24, 2.45) is 5.92 Å². The Morgan fingerprint density at radius 1 is 1.13 bits per heavy atom. The zero-order valence-corrected chi connectivity index (χ0v) is 15.9. The molecule has 1 amide bonds. The third-order valence-corrected chi connectivity index (χ3v) is 5.50. The fourth-order valence-corrected chi connectivity index (χ4v) is 3.91. The third kappa shape index (κ3) is 3.83. The smallest absolute Gasteiger partial charge is 0.249 e. The van der Waals surface area contributed by atoms with Crippen molar-refractivity contribution in [2.75, 3.05) is 11.9 Å². The van der Waals surface area contributed by atoms with E-state index in [4.69, 9.17) is 15.4 Å². The zero-order chi connectivity index (χ0) is 21.3. The second kappa shape index (κ2) is 8.10. The summed E-state index contributed by atoms with van der Waals surface area (Å²) in [5.41, 5.74) is 1.34. The SMILES string of the molecule is N#Cc1cc(F)cc([C@@H]2CCON2C(=O)C2CC(Nc3ccc(F)c(C#N)c3)C2)c1. The van der Waals surface area contributed by atoms with Gasteiger partial charge >= 0.3 is 0 Å². The lowest BCUT2D eigenvalue weighted by atomic mass is 9.79. The van der Waals surface area contributed by atoms with Crippen LogP contribution >= 0.6 is 0 Å². The fraction of sp³-hybridized carbons (Fsp3) is 0.318. The summed E-state index contributed by atoms with van der Waals surface area (Å²) < 4.78 is 27.3. The Morgan fingerprint density at radius 3 is 2.67 bits per heavy atom. The zero-order valence-electron chi connectivity index (χ0n) is 15.9. The molecule has 2 fully saturated rings. The number of halogens is 2.